The molecular formula is C9H16ClN3O2. The van der Waals surface area contributed by atoms with Crippen LogP contribution < -0.4 is 0 Å². The van der Waals surface area contributed by atoms with Crippen molar-refractivity contribution in [2.75, 3.05) is 26.9 Å². The van der Waals surface area contributed by atoms with Crippen molar-refractivity contribution in [3.05, 3.63) is 12.2 Å². The molecular weight excluding hydrogens is 218 g/mol. The van der Waals surface area contributed by atoms with E-state index in [0.717, 1.165) is 18.8 Å². The molecule has 0 N–H and O–H groups in total. The van der Waals surface area contributed by atoms with E-state index in [1.54, 1.807) is 11.8 Å². The van der Waals surface area contributed by atoms with E-state index in [1.165, 1.54) is 6.33 Å². The third-order valence-corrected chi connectivity index (χ3v) is 2.14. The van der Waals surface area contributed by atoms with Gasteiger partial charge in [-0.15, -0.1) is 11.6 Å². The monoisotopic (exact) mass is 233 g/mol. The summed E-state index contributed by atoms with van der Waals surface area (Å²) in [5, 5.41) is 4.06. The highest BCUT2D eigenvalue weighted by atomic mass is 35.5. The second kappa shape index (κ2) is 7.62. The van der Waals surface area contributed by atoms with Crippen LogP contribution in [0.25, 0.3) is 0 Å². The average Bonchev–Trinajstić information content (AvgIpc) is 2.70. The second-order valence-corrected chi connectivity index (χ2v) is 3.26. The Morgan fingerprint density at radius 2 is 2.27 bits per heavy atom. The fourth-order valence-corrected chi connectivity index (χ4v) is 1.35. The fourth-order valence-electron chi connectivity index (χ4n) is 1.14. The van der Waals surface area contributed by atoms with Gasteiger partial charge in [-0.25, -0.2) is 9.67 Å². The highest BCUT2D eigenvalue weighted by Gasteiger charge is 2.01. The normalized spacial score (nSPS) is 10.8. The van der Waals surface area contributed by atoms with Crippen molar-refractivity contribution in [2.24, 2.45) is 0 Å². The van der Waals surface area contributed by atoms with Crippen LogP contribution in [0.5, 0.6) is 0 Å². The van der Waals surface area contributed by atoms with Gasteiger partial charge >= 0.3 is 0 Å². The molecule has 0 atom stereocenters. The largest absolute Gasteiger partial charge is 0.382 e. The van der Waals surface area contributed by atoms with Crippen LogP contribution in [0.3, 0.4) is 0 Å². The van der Waals surface area contributed by atoms with Crippen LogP contribution in [-0.4, -0.2) is 41.7 Å². The number of ether oxygens (including phenoxy) is 2. The van der Waals surface area contributed by atoms with Gasteiger partial charge in [-0.3, -0.25) is 0 Å². The first-order chi connectivity index (χ1) is 7.38. The zero-order valence-electron chi connectivity index (χ0n) is 8.86. The van der Waals surface area contributed by atoms with Crippen LogP contribution >= 0.6 is 11.6 Å². The molecule has 0 radical (unpaired) electrons. The van der Waals surface area contributed by atoms with E-state index in [1.807, 2.05) is 0 Å². The van der Waals surface area contributed by atoms with Gasteiger partial charge in [-0.05, 0) is 6.42 Å². The van der Waals surface area contributed by atoms with Gasteiger partial charge in [0.1, 0.15) is 12.2 Å². The fraction of sp³-hybridized carbons (Fsp3) is 0.778. The van der Waals surface area contributed by atoms with Crippen LogP contribution in [0.1, 0.15) is 12.2 Å². The molecule has 0 unspecified atom stereocenters. The Labute approximate surface area is 94.3 Å². The molecule has 1 aromatic rings. The van der Waals surface area contributed by atoms with E-state index in [-0.39, 0.29) is 0 Å². The van der Waals surface area contributed by atoms with Crippen LogP contribution in [0, 0.1) is 0 Å². The maximum Gasteiger partial charge on any atom is 0.141 e. The molecule has 0 aliphatic carbocycles. The van der Waals surface area contributed by atoms with Gasteiger partial charge in [-0.1, -0.05) is 0 Å². The van der Waals surface area contributed by atoms with E-state index in [2.05, 4.69) is 10.1 Å². The summed E-state index contributed by atoms with van der Waals surface area (Å²) in [5.41, 5.74) is 0. The first-order valence-corrected chi connectivity index (χ1v) is 5.41. The minimum absolute atomic E-state index is 0.393. The van der Waals surface area contributed by atoms with Gasteiger partial charge in [0, 0.05) is 20.3 Å². The molecule has 0 fully saturated rings. The quantitative estimate of drug-likeness (QED) is 0.498. The van der Waals surface area contributed by atoms with Crippen LogP contribution in [0.4, 0.5) is 0 Å². The number of halogens is 1. The highest BCUT2D eigenvalue weighted by molar-refractivity contribution is 6.16. The van der Waals surface area contributed by atoms with Crippen LogP contribution in [0.15, 0.2) is 6.33 Å². The maximum atomic E-state index is 5.68. The molecule has 15 heavy (non-hydrogen) atoms. The van der Waals surface area contributed by atoms with Gasteiger partial charge in [0.15, 0.2) is 0 Å². The number of hydrogen-bond acceptors (Lipinski definition) is 4. The number of alkyl halides is 1. The minimum atomic E-state index is 0.393. The molecule has 0 saturated carbocycles. The molecule has 0 aliphatic heterocycles. The zero-order chi connectivity index (χ0) is 10.9. The number of methoxy groups -OCH3 is 1. The van der Waals surface area contributed by atoms with E-state index in [0.29, 0.717) is 25.7 Å². The highest BCUT2D eigenvalue weighted by Crippen LogP contribution is 1.99. The summed E-state index contributed by atoms with van der Waals surface area (Å²) >= 11 is 5.68. The standard InChI is InChI=1S/C9H16ClN3O2/c1-14-5-6-15-4-2-3-13-9(7-10)11-8-12-13/h8H,2-7H2,1H3. The summed E-state index contributed by atoms with van der Waals surface area (Å²) in [6.07, 6.45) is 2.42. The number of hydrogen-bond donors (Lipinski definition) is 0. The van der Waals surface area contributed by atoms with Gasteiger partial charge < -0.3 is 9.47 Å². The molecule has 5 nitrogen and oxygen atoms in total. The lowest BCUT2D eigenvalue weighted by atomic mass is 10.4. The molecule has 0 aliphatic rings. The Morgan fingerprint density at radius 3 is 3.00 bits per heavy atom. The number of aryl methyl sites for hydroxylation is 1. The smallest absolute Gasteiger partial charge is 0.141 e. The molecule has 6 heteroatoms. The molecule has 0 amide bonds. The lowest BCUT2D eigenvalue weighted by molar-refractivity contribution is 0.0676. The summed E-state index contributed by atoms with van der Waals surface area (Å²) in [7, 11) is 1.66. The molecule has 0 spiro atoms. The maximum absolute atomic E-state index is 5.68. The van der Waals surface area contributed by atoms with Gasteiger partial charge in [0.2, 0.25) is 0 Å². The third kappa shape index (κ3) is 4.59. The Hall–Kier alpha value is -0.650. The van der Waals surface area contributed by atoms with Crippen molar-refractivity contribution in [3.8, 4) is 0 Å². The first-order valence-electron chi connectivity index (χ1n) is 4.87. The molecule has 0 saturated heterocycles. The second-order valence-electron chi connectivity index (χ2n) is 2.99. The van der Waals surface area contributed by atoms with Crippen molar-refractivity contribution in [1.82, 2.24) is 14.8 Å². The number of rotatable bonds is 8. The predicted octanol–water partition coefficient (Wildman–Crippen LogP) is 1.07. The average molecular weight is 234 g/mol. The number of nitrogens with zero attached hydrogens (tertiary/aromatic N) is 3. The molecule has 1 aromatic heterocycles. The SMILES string of the molecule is COCCOCCCn1ncnc1CCl. The lowest BCUT2D eigenvalue weighted by Crippen LogP contribution is -2.09. The third-order valence-electron chi connectivity index (χ3n) is 1.91. The van der Waals surface area contributed by atoms with Crippen LogP contribution in [-0.2, 0) is 21.9 Å². The molecule has 86 valence electrons. The van der Waals surface area contributed by atoms with Crippen molar-refractivity contribution in [1.29, 1.82) is 0 Å². The van der Waals surface area contributed by atoms with Crippen molar-refractivity contribution in [2.45, 2.75) is 18.8 Å². The van der Waals surface area contributed by atoms with Gasteiger partial charge in [0.05, 0.1) is 19.1 Å². The molecule has 1 rings (SSSR count). The Morgan fingerprint density at radius 1 is 1.40 bits per heavy atom. The van der Waals surface area contributed by atoms with E-state index >= 15 is 0 Å². The first kappa shape index (κ1) is 12.4. The van der Waals surface area contributed by atoms with Gasteiger partial charge in [0.25, 0.3) is 0 Å². The Balaban J connectivity index is 2.09. The van der Waals surface area contributed by atoms with Crippen molar-refractivity contribution in [3.63, 3.8) is 0 Å². The summed E-state index contributed by atoms with van der Waals surface area (Å²) < 4.78 is 12.0. The van der Waals surface area contributed by atoms with E-state index in [4.69, 9.17) is 21.1 Å². The van der Waals surface area contributed by atoms with Crippen molar-refractivity contribution >= 4 is 11.6 Å². The van der Waals surface area contributed by atoms with Crippen LogP contribution in [0.2, 0.25) is 0 Å². The summed E-state index contributed by atoms with van der Waals surface area (Å²) in [5.74, 6) is 1.19. The Kier molecular flexibility index (Phi) is 6.31. The minimum Gasteiger partial charge on any atom is -0.382 e. The summed E-state index contributed by atoms with van der Waals surface area (Å²) in [6.45, 7) is 2.76. The Bertz CT molecular complexity index is 268. The lowest BCUT2D eigenvalue weighted by Gasteiger charge is -2.05. The molecule has 0 aromatic carbocycles. The molecule has 0 bridgehead atoms. The molecule has 1 heterocycles. The summed E-state index contributed by atoms with van der Waals surface area (Å²) in [4.78, 5) is 4.02. The predicted molar refractivity (Wildman–Crippen MR) is 56.9 cm³/mol. The van der Waals surface area contributed by atoms with E-state index in [9.17, 15) is 0 Å². The zero-order valence-corrected chi connectivity index (χ0v) is 9.61. The topological polar surface area (TPSA) is 49.2 Å². The van der Waals surface area contributed by atoms with Gasteiger partial charge in [-0.2, -0.15) is 5.10 Å². The number of aromatic nitrogens is 3. The van der Waals surface area contributed by atoms with Crippen molar-refractivity contribution < 1.29 is 9.47 Å². The van der Waals surface area contributed by atoms with E-state index < -0.39 is 0 Å². The summed E-state index contributed by atoms with van der Waals surface area (Å²) in [6, 6.07) is 0.